The SMILES string of the molecule is CCC(C)C(CC(C)(C(C)CC)C(C)CC)C(C)CC. The molecule has 0 heterocycles. The Hall–Kier alpha value is 0. The highest BCUT2D eigenvalue weighted by atomic mass is 14.4. The van der Waals surface area contributed by atoms with Gasteiger partial charge in [-0.3, -0.25) is 0 Å². The Bertz CT molecular complexity index is 222. The fourth-order valence-electron chi connectivity index (χ4n) is 3.90. The van der Waals surface area contributed by atoms with Gasteiger partial charge in [-0.25, -0.2) is 0 Å². The van der Waals surface area contributed by atoms with Crippen molar-refractivity contribution < 1.29 is 0 Å². The summed E-state index contributed by atoms with van der Waals surface area (Å²) in [4.78, 5) is 0. The Balaban J connectivity index is 5.27. The first-order valence-electron chi connectivity index (χ1n) is 9.28. The van der Waals surface area contributed by atoms with Crippen LogP contribution in [0, 0.1) is 35.0 Å². The van der Waals surface area contributed by atoms with E-state index in [-0.39, 0.29) is 0 Å². The Morgan fingerprint density at radius 1 is 0.650 bits per heavy atom. The zero-order valence-electron chi connectivity index (χ0n) is 15.9. The topological polar surface area (TPSA) is 0 Å². The summed E-state index contributed by atoms with van der Waals surface area (Å²) in [7, 11) is 0. The Labute approximate surface area is 130 Å². The van der Waals surface area contributed by atoms with Crippen LogP contribution >= 0.6 is 0 Å². The molecule has 0 heteroatoms. The maximum absolute atomic E-state index is 2.58. The number of hydrogen-bond acceptors (Lipinski definition) is 0. The van der Waals surface area contributed by atoms with Crippen molar-refractivity contribution in [3.8, 4) is 0 Å². The molecule has 0 bridgehead atoms. The second kappa shape index (κ2) is 9.11. The van der Waals surface area contributed by atoms with Crippen LogP contribution in [0.4, 0.5) is 0 Å². The fourth-order valence-corrected chi connectivity index (χ4v) is 3.90. The largest absolute Gasteiger partial charge is 0.0651 e. The van der Waals surface area contributed by atoms with Gasteiger partial charge < -0.3 is 0 Å². The predicted molar refractivity (Wildman–Crippen MR) is 94.0 cm³/mol. The average molecular weight is 283 g/mol. The summed E-state index contributed by atoms with van der Waals surface area (Å²) >= 11 is 0. The molecule has 0 aromatic rings. The molecular weight excluding hydrogens is 240 g/mol. The summed E-state index contributed by atoms with van der Waals surface area (Å²) in [5.41, 5.74) is 0.501. The molecule has 0 aliphatic rings. The number of hydrogen-bond donors (Lipinski definition) is 0. The summed E-state index contributed by atoms with van der Waals surface area (Å²) < 4.78 is 0. The standard InChI is InChI=1S/C20H42/c1-10-15(5)19(16(6)11-2)14-20(9,17(7)12-3)18(8)13-4/h15-19H,10-14H2,1-9H3. The molecule has 4 atom stereocenters. The second-order valence-corrected chi connectivity index (χ2v) is 7.76. The van der Waals surface area contributed by atoms with Crippen molar-refractivity contribution >= 4 is 0 Å². The molecule has 0 fully saturated rings. The van der Waals surface area contributed by atoms with Gasteiger partial charge in [0.2, 0.25) is 0 Å². The van der Waals surface area contributed by atoms with Crippen LogP contribution in [0.2, 0.25) is 0 Å². The lowest BCUT2D eigenvalue weighted by Gasteiger charge is -2.45. The van der Waals surface area contributed by atoms with Crippen LogP contribution in [0.1, 0.15) is 94.4 Å². The lowest BCUT2D eigenvalue weighted by Crippen LogP contribution is -2.37. The minimum atomic E-state index is 0.501. The molecule has 0 aliphatic carbocycles. The molecule has 4 unspecified atom stereocenters. The zero-order valence-corrected chi connectivity index (χ0v) is 15.9. The Kier molecular flexibility index (Phi) is 9.11. The van der Waals surface area contributed by atoms with E-state index in [9.17, 15) is 0 Å². The van der Waals surface area contributed by atoms with Gasteiger partial charge in [-0.2, -0.15) is 0 Å². The molecule has 0 N–H and O–H groups in total. The molecule has 0 aromatic heterocycles. The van der Waals surface area contributed by atoms with Gasteiger partial charge in [-0.05, 0) is 41.4 Å². The molecule has 20 heavy (non-hydrogen) atoms. The summed E-state index contributed by atoms with van der Waals surface area (Å²) in [5, 5.41) is 0. The monoisotopic (exact) mass is 282 g/mol. The van der Waals surface area contributed by atoms with E-state index in [0.717, 1.165) is 29.6 Å². The summed E-state index contributed by atoms with van der Waals surface area (Å²) in [6.45, 7) is 22.0. The quantitative estimate of drug-likeness (QED) is 0.398. The van der Waals surface area contributed by atoms with E-state index >= 15 is 0 Å². The summed E-state index contributed by atoms with van der Waals surface area (Å²) in [6, 6.07) is 0. The molecule has 0 rings (SSSR count). The maximum atomic E-state index is 2.58. The van der Waals surface area contributed by atoms with Crippen LogP contribution in [0.3, 0.4) is 0 Å². The Morgan fingerprint density at radius 2 is 1.00 bits per heavy atom. The van der Waals surface area contributed by atoms with Gasteiger partial charge in [0.05, 0.1) is 0 Å². The van der Waals surface area contributed by atoms with Gasteiger partial charge in [0.1, 0.15) is 0 Å². The van der Waals surface area contributed by atoms with E-state index < -0.39 is 0 Å². The van der Waals surface area contributed by atoms with E-state index in [1.165, 1.54) is 32.1 Å². The normalized spacial score (nSPS) is 22.6. The molecule has 0 aliphatic heterocycles. The van der Waals surface area contributed by atoms with Crippen LogP contribution < -0.4 is 0 Å². The molecule has 0 saturated heterocycles. The lowest BCUT2D eigenvalue weighted by atomic mass is 9.60. The van der Waals surface area contributed by atoms with Crippen LogP contribution in [0.25, 0.3) is 0 Å². The predicted octanol–water partition coefficient (Wildman–Crippen LogP) is 7.18. The molecule has 0 aromatic carbocycles. The van der Waals surface area contributed by atoms with Crippen molar-refractivity contribution in [1.82, 2.24) is 0 Å². The maximum Gasteiger partial charge on any atom is -0.0272 e. The van der Waals surface area contributed by atoms with Gasteiger partial charge in [-0.15, -0.1) is 0 Å². The minimum Gasteiger partial charge on any atom is -0.0651 e. The second-order valence-electron chi connectivity index (χ2n) is 7.76. The molecular formula is C20H42. The lowest BCUT2D eigenvalue weighted by molar-refractivity contribution is 0.0405. The summed E-state index contributed by atoms with van der Waals surface area (Å²) in [5.74, 6) is 4.26. The molecule has 0 nitrogen and oxygen atoms in total. The van der Waals surface area contributed by atoms with Crippen LogP contribution in [0.5, 0.6) is 0 Å². The van der Waals surface area contributed by atoms with E-state index in [1.807, 2.05) is 0 Å². The van der Waals surface area contributed by atoms with Crippen LogP contribution in [-0.2, 0) is 0 Å². The van der Waals surface area contributed by atoms with Crippen molar-refractivity contribution in [3.05, 3.63) is 0 Å². The first-order chi connectivity index (χ1) is 9.28. The molecule has 0 radical (unpaired) electrons. The van der Waals surface area contributed by atoms with E-state index in [0.29, 0.717) is 5.41 Å². The number of rotatable bonds is 10. The molecule has 122 valence electrons. The average Bonchev–Trinajstić information content (AvgIpc) is 2.48. The van der Waals surface area contributed by atoms with E-state index in [1.54, 1.807) is 0 Å². The first kappa shape index (κ1) is 20.0. The van der Waals surface area contributed by atoms with Crippen LogP contribution in [-0.4, -0.2) is 0 Å². The van der Waals surface area contributed by atoms with Crippen molar-refractivity contribution in [2.45, 2.75) is 94.4 Å². The van der Waals surface area contributed by atoms with Gasteiger partial charge in [0.15, 0.2) is 0 Å². The van der Waals surface area contributed by atoms with Gasteiger partial charge in [0.25, 0.3) is 0 Å². The third-order valence-electron chi connectivity index (χ3n) is 6.90. The molecule has 0 amide bonds. The Morgan fingerprint density at radius 3 is 1.25 bits per heavy atom. The minimum absolute atomic E-state index is 0.501. The van der Waals surface area contributed by atoms with Crippen molar-refractivity contribution in [1.29, 1.82) is 0 Å². The van der Waals surface area contributed by atoms with Gasteiger partial charge >= 0.3 is 0 Å². The highest BCUT2D eigenvalue weighted by molar-refractivity contribution is 4.88. The zero-order chi connectivity index (χ0) is 15.9. The van der Waals surface area contributed by atoms with Crippen LogP contribution in [0.15, 0.2) is 0 Å². The smallest absolute Gasteiger partial charge is 0.0272 e. The highest BCUT2D eigenvalue weighted by Gasteiger charge is 2.39. The van der Waals surface area contributed by atoms with Crippen molar-refractivity contribution in [3.63, 3.8) is 0 Å². The van der Waals surface area contributed by atoms with E-state index in [2.05, 4.69) is 62.3 Å². The molecule has 0 saturated carbocycles. The van der Waals surface area contributed by atoms with Gasteiger partial charge in [0, 0.05) is 0 Å². The van der Waals surface area contributed by atoms with Crippen molar-refractivity contribution in [2.75, 3.05) is 0 Å². The molecule has 0 spiro atoms. The fraction of sp³-hybridized carbons (Fsp3) is 1.00. The van der Waals surface area contributed by atoms with Crippen molar-refractivity contribution in [2.24, 2.45) is 35.0 Å². The van der Waals surface area contributed by atoms with E-state index in [4.69, 9.17) is 0 Å². The summed E-state index contributed by atoms with van der Waals surface area (Å²) in [6.07, 6.45) is 6.70. The third-order valence-corrected chi connectivity index (χ3v) is 6.90. The highest BCUT2D eigenvalue weighted by Crippen LogP contribution is 2.47. The third kappa shape index (κ3) is 4.78. The first-order valence-corrected chi connectivity index (χ1v) is 9.28. The van der Waals surface area contributed by atoms with Gasteiger partial charge in [-0.1, -0.05) is 88.0 Å².